The molecular formula is C19H12N4O2S. The molecule has 0 aliphatic carbocycles. The minimum Gasteiger partial charge on any atom is -0.495 e. The van der Waals surface area contributed by atoms with Gasteiger partial charge in [-0.25, -0.2) is 0 Å². The number of benzene rings is 1. The van der Waals surface area contributed by atoms with Gasteiger partial charge >= 0.3 is 0 Å². The van der Waals surface area contributed by atoms with E-state index >= 15 is 0 Å². The van der Waals surface area contributed by atoms with Gasteiger partial charge in [0.15, 0.2) is 5.57 Å². The van der Waals surface area contributed by atoms with Crippen LogP contribution in [0.1, 0.15) is 5.69 Å². The molecule has 3 rings (SSSR count). The number of pyridine rings is 1. The lowest BCUT2D eigenvalue weighted by atomic mass is 10.3. The van der Waals surface area contributed by atoms with Crippen LogP contribution in [0.25, 0.3) is 17.3 Å². The molecule has 0 atom stereocenters. The van der Waals surface area contributed by atoms with E-state index in [4.69, 9.17) is 4.74 Å². The fourth-order valence-electron chi connectivity index (χ4n) is 2.40. The van der Waals surface area contributed by atoms with Crippen molar-refractivity contribution in [2.45, 2.75) is 0 Å². The Morgan fingerprint density at radius 1 is 1.19 bits per heavy atom. The predicted octanol–water partition coefficient (Wildman–Crippen LogP) is 1.33. The summed E-state index contributed by atoms with van der Waals surface area (Å²) in [5.41, 5.74) is 0.594. The standard InChI is InChI=1S/C19H12N4O2S/c1-25-16-8-3-2-7-15(16)23-18(24)17(10-14-6-4-5-9-22-14)26-19(23)13(11-20)12-21/h2-10H,1H3. The van der Waals surface area contributed by atoms with Crippen molar-refractivity contribution >= 4 is 23.0 Å². The summed E-state index contributed by atoms with van der Waals surface area (Å²) in [4.78, 5) is 17.2. The maximum Gasteiger partial charge on any atom is 0.273 e. The second-order valence-electron chi connectivity index (χ2n) is 5.08. The Morgan fingerprint density at radius 2 is 1.92 bits per heavy atom. The van der Waals surface area contributed by atoms with Crippen LogP contribution in [0.3, 0.4) is 0 Å². The molecule has 1 aromatic carbocycles. The van der Waals surface area contributed by atoms with Gasteiger partial charge in [-0.2, -0.15) is 10.5 Å². The second-order valence-corrected chi connectivity index (χ2v) is 6.11. The van der Waals surface area contributed by atoms with E-state index in [1.54, 1.807) is 48.7 Å². The second kappa shape index (κ2) is 7.47. The van der Waals surface area contributed by atoms with Gasteiger partial charge in [-0.05, 0) is 30.3 Å². The largest absolute Gasteiger partial charge is 0.495 e. The Morgan fingerprint density at radius 3 is 2.58 bits per heavy atom. The van der Waals surface area contributed by atoms with Crippen molar-refractivity contribution in [2.75, 3.05) is 7.11 Å². The fourth-order valence-corrected chi connectivity index (χ4v) is 3.43. The lowest BCUT2D eigenvalue weighted by Gasteiger charge is -2.08. The Bertz CT molecular complexity index is 1200. The highest BCUT2D eigenvalue weighted by atomic mass is 32.1. The molecule has 0 saturated heterocycles. The van der Waals surface area contributed by atoms with Crippen LogP contribution < -0.4 is 19.5 Å². The highest BCUT2D eigenvalue weighted by Gasteiger charge is 2.14. The molecule has 0 fully saturated rings. The number of nitrogens with zero attached hydrogens (tertiary/aromatic N) is 4. The number of aromatic nitrogens is 2. The molecule has 0 saturated carbocycles. The first kappa shape index (κ1) is 17.2. The molecule has 0 unspecified atom stereocenters. The first-order chi connectivity index (χ1) is 12.7. The first-order valence-corrected chi connectivity index (χ1v) is 8.33. The van der Waals surface area contributed by atoms with Gasteiger partial charge in [0.25, 0.3) is 5.56 Å². The monoisotopic (exact) mass is 360 g/mol. The zero-order valence-corrected chi connectivity index (χ0v) is 14.5. The number of hydrogen-bond donors (Lipinski definition) is 0. The van der Waals surface area contributed by atoms with Crippen molar-refractivity contribution in [3.63, 3.8) is 0 Å². The van der Waals surface area contributed by atoms with Gasteiger partial charge in [0.1, 0.15) is 22.6 Å². The van der Waals surface area contributed by atoms with E-state index in [2.05, 4.69) is 4.98 Å². The molecule has 7 heteroatoms. The van der Waals surface area contributed by atoms with Crippen molar-refractivity contribution in [2.24, 2.45) is 0 Å². The normalized spacial score (nSPS) is 10.8. The number of ether oxygens (including phenoxy) is 1. The number of para-hydroxylation sites is 2. The maximum absolute atomic E-state index is 13.0. The van der Waals surface area contributed by atoms with Gasteiger partial charge < -0.3 is 4.74 Å². The summed E-state index contributed by atoms with van der Waals surface area (Å²) in [5.74, 6) is 0.466. The average molecular weight is 360 g/mol. The Kier molecular flexibility index (Phi) is 4.93. The zero-order valence-electron chi connectivity index (χ0n) is 13.7. The molecule has 0 radical (unpaired) electrons. The van der Waals surface area contributed by atoms with Crippen LogP contribution in [0.2, 0.25) is 0 Å². The first-order valence-electron chi connectivity index (χ1n) is 7.52. The lowest BCUT2D eigenvalue weighted by molar-refractivity contribution is 0.412. The highest BCUT2D eigenvalue weighted by Crippen LogP contribution is 2.19. The predicted molar refractivity (Wildman–Crippen MR) is 98.2 cm³/mol. The molecule has 0 aliphatic rings. The summed E-state index contributed by atoms with van der Waals surface area (Å²) >= 11 is 1.07. The lowest BCUT2D eigenvalue weighted by Crippen LogP contribution is -2.31. The van der Waals surface area contributed by atoms with E-state index in [1.807, 2.05) is 18.2 Å². The Hall–Kier alpha value is -3.68. The Labute approximate surface area is 152 Å². The van der Waals surface area contributed by atoms with Crippen LogP contribution in [0, 0.1) is 22.7 Å². The van der Waals surface area contributed by atoms with Gasteiger partial charge in [0.2, 0.25) is 0 Å². The highest BCUT2D eigenvalue weighted by molar-refractivity contribution is 7.07. The van der Waals surface area contributed by atoms with Crippen LogP contribution in [0.4, 0.5) is 0 Å². The average Bonchev–Trinajstić information content (AvgIpc) is 2.99. The quantitative estimate of drug-likeness (QED) is 0.703. The van der Waals surface area contributed by atoms with Crippen LogP contribution in [-0.4, -0.2) is 16.7 Å². The van der Waals surface area contributed by atoms with Gasteiger partial charge in [0, 0.05) is 6.20 Å². The van der Waals surface area contributed by atoms with Crippen LogP contribution in [0.5, 0.6) is 5.75 Å². The third-order valence-electron chi connectivity index (χ3n) is 3.55. The van der Waals surface area contributed by atoms with E-state index in [0.29, 0.717) is 21.7 Å². The number of hydrogen-bond acceptors (Lipinski definition) is 6. The van der Waals surface area contributed by atoms with E-state index in [0.717, 1.165) is 11.3 Å². The number of thiazole rings is 1. The zero-order chi connectivity index (χ0) is 18.5. The van der Waals surface area contributed by atoms with E-state index in [-0.39, 0.29) is 15.8 Å². The van der Waals surface area contributed by atoms with Crippen molar-refractivity contribution in [1.29, 1.82) is 10.5 Å². The molecular weight excluding hydrogens is 348 g/mol. The molecule has 26 heavy (non-hydrogen) atoms. The molecule has 2 aromatic heterocycles. The van der Waals surface area contributed by atoms with E-state index in [9.17, 15) is 15.3 Å². The summed E-state index contributed by atoms with van der Waals surface area (Å²) in [6.45, 7) is 0. The topological polar surface area (TPSA) is 91.7 Å². The van der Waals surface area contributed by atoms with Crippen molar-refractivity contribution in [1.82, 2.24) is 9.55 Å². The molecule has 6 nitrogen and oxygen atoms in total. The summed E-state index contributed by atoms with van der Waals surface area (Å²) in [6, 6.07) is 16.0. The minimum atomic E-state index is -0.344. The molecule has 0 bridgehead atoms. The van der Waals surface area contributed by atoms with Gasteiger partial charge in [0.05, 0.1) is 23.0 Å². The molecule has 0 spiro atoms. The SMILES string of the molecule is COc1ccccc1-n1c(=C(C#N)C#N)sc(=Cc2ccccn2)c1=O. The molecule has 0 N–H and O–H groups in total. The molecule has 2 heterocycles. The third kappa shape index (κ3) is 3.12. The van der Waals surface area contributed by atoms with Crippen LogP contribution >= 0.6 is 11.3 Å². The summed E-state index contributed by atoms with van der Waals surface area (Å²) in [5, 5.41) is 18.6. The smallest absolute Gasteiger partial charge is 0.273 e. The summed E-state index contributed by atoms with van der Waals surface area (Å²) < 4.78 is 7.29. The van der Waals surface area contributed by atoms with Gasteiger partial charge in [-0.3, -0.25) is 14.3 Å². The third-order valence-corrected chi connectivity index (χ3v) is 4.65. The minimum absolute atomic E-state index is 0.140. The summed E-state index contributed by atoms with van der Waals surface area (Å²) in [6.07, 6.45) is 3.26. The van der Waals surface area contributed by atoms with Gasteiger partial charge in [-0.15, -0.1) is 11.3 Å². The van der Waals surface area contributed by atoms with Crippen LogP contribution in [-0.2, 0) is 0 Å². The molecule has 126 valence electrons. The van der Waals surface area contributed by atoms with E-state index in [1.165, 1.54) is 11.7 Å². The van der Waals surface area contributed by atoms with Gasteiger partial charge in [-0.1, -0.05) is 18.2 Å². The van der Waals surface area contributed by atoms with Crippen molar-refractivity contribution in [3.05, 3.63) is 73.9 Å². The van der Waals surface area contributed by atoms with E-state index < -0.39 is 0 Å². The van der Waals surface area contributed by atoms with Crippen molar-refractivity contribution in [3.8, 4) is 23.6 Å². The number of rotatable bonds is 3. The number of methoxy groups -OCH3 is 1. The Balaban J connectivity index is 2.44. The molecule has 0 amide bonds. The molecule has 3 aromatic rings. The van der Waals surface area contributed by atoms with Crippen molar-refractivity contribution < 1.29 is 4.74 Å². The van der Waals surface area contributed by atoms with Crippen LogP contribution in [0.15, 0.2) is 53.5 Å². The fraction of sp³-hybridized carbons (Fsp3) is 0.0526. The maximum atomic E-state index is 13.0. The molecule has 0 aliphatic heterocycles. The summed E-state index contributed by atoms with van der Waals surface area (Å²) in [7, 11) is 1.50. The number of nitriles is 2.